The second-order valence-electron chi connectivity index (χ2n) is 2.62. The Bertz CT molecular complexity index is 85.0. The number of morpholine rings is 1. The van der Waals surface area contributed by atoms with Gasteiger partial charge in [-0.2, -0.15) is 0 Å². The molecule has 0 bridgehead atoms. The predicted octanol–water partition coefficient (Wildman–Crippen LogP) is 0.727. The zero-order valence-electron chi connectivity index (χ0n) is 6.26. The molecule has 1 fully saturated rings. The lowest BCUT2D eigenvalue weighted by molar-refractivity contribution is 0.00477. The van der Waals surface area contributed by atoms with Gasteiger partial charge in [0.15, 0.2) is 0 Å². The average Bonchev–Trinajstić information content (AvgIpc) is 1.89. The van der Waals surface area contributed by atoms with Gasteiger partial charge in [0.25, 0.3) is 0 Å². The van der Waals surface area contributed by atoms with Crippen LogP contribution in [0.5, 0.6) is 0 Å². The van der Waals surface area contributed by atoms with Crippen LogP contribution < -0.4 is 0 Å². The van der Waals surface area contributed by atoms with Gasteiger partial charge in [-0.25, -0.2) is 0 Å². The van der Waals surface area contributed by atoms with E-state index in [-0.39, 0.29) is 0 Å². The van der Waals surface area contributed by atoms with Crippen LogP contribution in [0.1, 0.15) is 13.3 Å². The molecule has 0 saturated carbocycles. The zero-order valence-corrected chi connectivity index (χ0v) is 6.26. The maximum Gasteiger partial charge on any atom is 0.0622 e. The molecule has 0 aromatic carbocycles. The van der Waals surface area contributed by atoms with Gasteiger partial charge in [-0.05, 0) is 13.5 Å². The molecule has 0 aliphatic carbocycles. The summed E-state index contributed by atoms with van der Waals surface area (Å²) < 4.78 is 5.30. The van der Waals surface area contributed by atoms with Crippen LogP contribution in [0.2, 0.25) is 0 Å². The van der Waals surface area contributed by atoms with Crippen molar-refractivity contribution in [2.45, 2.75) is 19.4 Å². The Morgan fingerprint density at radius 1 is 1.67 bits per heavy atom. The fourth-order valence-corrected chi connectivity index (χ4v) is 1.17. The molecule has 1 rings (SSSR count). The van der Waals surface area contributed by atoms with Gasteiger partial charge >= 0.3 is 0 Å². The molecule has 0 amide bonds. The zero-order chi connectivity index (χ0) is 6.69. The molecule has 54 valence electrons. The van der Waals surface area contributed by atoms with E-state index in [2.05, 4.69) is 18.9 Å². The summed E-state index contributed by atoms with van der Waals surface area (Å²) in [5.74, 6) is 0. The minimum absolute atomic E-state index is 0.666. The highest BCUT2D eigenvalue weighted by Gasteiger charge is 2.16. The molecule has 1 saturated heterocycles. The van der Waals surface area contributed by atoms with Crippen LogP contribution in [0, 0.1) is 0 Å². The molecule has 0 spiro atoms. The summed E-state index contributed by atoms with van der Waals surface area (Å²) in [5.41, 5.74) is 0. The maximum atomic E-state index is 5.30. The van der Waals surface area contributed by atoms with Crippen molar-refractivity contribution < 1.29 is 4.74 Å². The average molecular weight is 129 g/mol. The molecule has 2 heteroatoms. The van der Waals surface area contributed by atoms with E-state index in [0.29, 0.717) is 6.04 Å². The molecule has 0 unspecified atom stereocenters. The molecule has 1 heterocycles. The number of rotatable bonds is 1. The molecule has 0 aromatic heterocycles. The first kappa shape index (κ1) is 7.03. The van der Waals surface area contributed by atoms with Gasteiger partial charge in [0.1, 0.15) is 0 Å². The molecule has 2 nitrogen and oxygen atoms in total. The molecule has 1 aliphatic rings. The number of hydrogen-bond acceptors (Lipinski definition) is 2. The van der Waals surface area contributed by atoms with Crippen LogP contribution in [-0.4, -0.2) is 37.7 Å². The van der Waals surface area contributed by atoms with E-state index in [1.54, 1.807) is 0 Å². The maximum absolute atomic E-state index is 5.30. The normalized spacial score (nSPS) is 30.7. The quantitative estimate of drug-likeness (QED) is 0.517. The molecule has 1 atom stereocenters. The third-order valence-corrected chi connectivity index (χ3v) is 1.99. The fourth-order valence-electron chi connectivity index (χ4n) is 1.17. The first-order valence-electron chi connectivity index (χ1n) is 3.62. The molecular formula is C7H15NO. The smallest absolute Gasteiger partial charge is 0.0622 e. The van der Waals surface area contributed by atoms with Crippen molar-refractivity contribution in [1.82, 2.24) is 4.90 Å². The van der Waals surface area contributed by atoms with E-state index in [9.17, 15) is 0 Å². The summed E-state index contributed by atoms with van der Waals surface area (Å²) in [5, 5.41) is 0. The number of nitrogens with zero attached hydrogens (tertiary/aromatic N) is 1. The summed E-state index contributed by atoms with van der Waals surface area (Å²) in [6.07, 6.45) is 1.20. The molecule has 9 heavy (non-hydrogen) atoms. The van der Waals surface area contributed by atoms with Gasteiger partial charge in [0, 0.05) is 12.6 Å². The molecule has 0 aromatic rings. The van der Waals surface area contributed by atoms with Gasteiger partial charge in [-0.15, -0.1) is 0 Å². The lowest BCUT2D eigenvalue weighted by Crippen LogP contribution is -2.42. The van der Waals surface area contributed by atoms with Crippen molar-refractivity contribution in [2.24, 2.45) is 0 Å². The topological polar surface area (TPSA) is 12.5 Å². The Kier molecular flexibility index (Phi) is 2.49. The number of likely N-dealkylation sites (N-methyl/N-ethyl adjacent to an activating group) is 1. The highest BCUT2D eigenvalue weighted by Crippen LogP contribution is 2.06. The predicted molar refractivity (Wildman–Crippen MR) is 37.5 cm³/mol. The van der Waals surface area contributed by atoms with E-state index in [0.717, 1.165) is 19.8 Å². The van der Waals surface area contributed by atoms with Crippen molar-refractivity contribution in [2.75, 3.05) is 26.8 Å². The Morgan fingerprint density at radius 2 is 2.44 bits per heavy atom. The Morgan fingerprint density at radius 3 is 2.89 bits per heavy atom. The molecule has 0 radical (unpaired) electrons. The Labute approximate surface area is 56.8 Å². The minimum atomic E-state index is 0.666. The highest BCUT2D eigenvalue weighted by atomic mass is 16.5. The van der Waals surface area contributed by atoms with E-state index in [4.69, 9.17) is 4.74 Å². The van der Waals surface area contributed by atoms with Gasteiger partial charge < -0.3 is 4.74 Å². The largest absolute Gasteiger partial charge is 0.378 e. The molecule has 0 N–H and O–H groups in total. The van der Waals surface area contributed by atoms with Crippen molar-refractivity contribution in [3.8, 4) is 0 Å². The van der Waals surface area contributed by atoms with Crippen LogP contribution in [0.25, 0.3) is 0 Å². The van der Waals surface area contributed by atoms with Gasteiger partial charge in [0.2, 0.25) is 0 Å². The lowest BCUT2D eigenvalue weighted by atomic mass is 10.2. The van der Waals surface area contributed by atoms with Crippen molar-refractivity contribution in [3.63, 3.8) is 0 Å². The van der Waals surface area contributed by atoms with E-state index in [1.165, 1.54) is 6.42 Å². The molecule has 1 aliphatic heterocycles. The lowest BCUT2D eigenvalue weighted by Gasteiger charge is -2.31. The van der Waals surface area contributed by atoms with E-state index >= 15 is 0 Å². The monoisotopic (exact) mass is 129 g/mol. The minimum Gasteiger partial charge on any atom is -0.378 e. The van der Waals surface area contributed by atoms with Crippen LogP contribution in [0.15, 0.2) is 0 Å². The van der Waals surface area contributed by atoms with Crippen LogP contribution in [0.3, 0.4) is 0 Å². The van der Waals surface area contributed by atoms with Crippen LogP contribution >= 0.6 is 0 Å². The van der Waals surface area contributed by atoms with Crippen LogP contribution in [0.4, 0.5) is 0 Å². The second-order valence-corrected chi connectivity index (χ2v) is 2.62. The van der Waals surface area contributed by atoms with E-state index in [1.807, 2.05) is 0 Å². The first-order valence-corrected chi connectivity index (χ1v) is 3.62. The van der Waals surface area contributed by atoms with E-state index < -0.39 is 0 Å². The third kappa shape index (κ3) is 1.66. The van der Waals surface area contributed by atoms with Gasteiger partial charge in [-0.3, -0.25) is 4.90 Å². The molecular weight excluding hydrogens is 114 g/mol. The second kappa shape index (κ2) is 3.18. The van der Waals surface area contributed by atoms with Crippen LogP contribution in [-0.2, 0) is 4.74 Å². The Hall–Kier alpha value is -0.0800. The van der Waals surface area contributed by atoms with Crippen molar-refractivity contribution >= 4 is 0 Å². The summed E-state index contributed by atoms with van der Waals surface area (Å²) in [6, 6.07) is 0.666. The Balaban J connectivity index is 2.30. The summed E-state index contributed by atoms with van der Waals surface area (Å²) in [6.45, 7) is 5.13. The van der Waals surface area contributed by atoms with Gasteiger partial charge in [-0.1, -0.05) is 6.92 Å². The number of ether oxygens (including phenoxy) is 1. The third-order valence-electron chi connectivity index (χ3n) is 1.99. The highest BCUT2D eigenvalue weighted by molar-refractivity contribution is 4.69. The van der Waals surface area contributed by atoms with Gasteiger partial charge in [0.05, 0.1) is 13.2 Å². The fraction of sp³-hybridized carbons (Fsp3) is 1.00. The summed E-state index contributed by atoms with van der Waals surface area (Å²) >= 11 is 0. The SMILES string of the molecule is CC[C@H]1COCCN1C. The summed E-state index contributed by atoms with van der Waals surface area (Å²) in [4.78, 5) is 2.36. The van der Waals surface area contributed by atoms with Crippen molar-refractivity contribution in [3.05, 3.63) is 0 Å². The summed E-state index contributed by atoms with van der Waals surface area (Å²) in [7, 11) is 2.16. The van der Waals surface area contributed by atoms with Crippen molar-refractivity contribution in [1.29, 1.82) is 0 Å². The standard InChI is InChI=1S/C7H15NO/c1-3-7-6-9-5-4-8(7)2/h7H,3-6H2,1-2H3/t7-/m0/s1. The first-order chi connectivity index (χ1) is 4.34. The number of hydrogen-bond donors (Lipinski definition) is 0.